The van der Waals surface area contributed by atoms with Crippen LogP contribution in [0, 0.1) is 11.8 Å². The van der Waals surface area contributed by atoms with E-state index in [2.05, 4.69) is 18.7 Å². The molecule has 6 heteroatoms. The Labute approximate surface area is 147 Å². The van der Waals surface area contributed by atoms with Crippen LogP contribution < -0.4 is 9.47 Å². The summed E-state index contributed by atoms with van der Waals surface area (Å²) in [6.07, 6.45) is 2.20. The SMILES string of the molecule is CC(C)CC1CN2CCc3cc(OC=O)c(OC=O)cc3C2CC1=O. The molecular weight excluding hydrogens is 322 g/mol. The van der Waals surface area contributed by atoms with E-state index in [1.54, 1.807) is 12.1 Å². The normalized spacial score (nSPS) is 22.9. The van der Waals surface area contributed by atoms with Gasteiger partial charge in [-0.1, -0.05) is 13.8 Å². The van der Waals surface area contributed by atoms with Gasteiger partial charge in [0.15, 0.2) is 11.5 Å². The zero-order valence-corrected chi connectivity index (χ0v) is 14.6. The topological polar surface area (TPSA) is 72.9 Å². The lowest BCUT2D eigenvalue weighted by Gasteiger charge is -2.43. The van der Waals surface area contributed by atoms with Crippen molar-refractivity contribution < 1.29 is 23.9 Å². The molecule has 0 amide bonds. The summed E-state index contributed by atoms with van der Waals surface area (Å²) in [6, 6.07) is 3.47. The molecule has 2 aliphatic heterocycles. The van der Waals surface area contributed by atoms with Crippen molar-refractivity contribution in [1.29, 1.82) is 0 Å². The predicted octanol–water partition coefficient (Wildman–Crippen LogP) is 2.29. The average Bonchev–Trinajstić information content (AvgIpc) is 2.56. The summed E-state index contributed by atoms with van der Waals surface area (Å²) in [7, 11) is 0. The van der Waals surface area contributed by atoms with Gasteiger partial charge >= 0.3 is 0 Å². The second-order valence-corrected chi connectivity index (χ2v) is 7.18. The fourth-order valence-corrected chi connectivity index (χ4v) is 4.02. The number of piperidine rings is 1. The third-order valence-corrected chi connectivity index (χ3v) is 5.08. The van der Waals surface area contributed by atoms with Crippen molar-refractivity contribution in [3.63, 3.8) is 0 Å². The molecule has 2 atom stereocenters. The monoisotopic (exact) mass is 345 g/mol. The van der Waals surface area contributed by atoms with Crippen LogP contribution in [0.3, 0.4) is 0 Å². The lowest BCUT2D eigenvalue weighted by molar-refractivity contribution is -0.129. The summed E-state index contributed by atoms with van der Waals surface area (Å²) in [4.78, 5) is 36.4. The Kier molecular flexibility index (Phi) is 5.18. The minimum atomic E-state index is -0.000976. The molecule has 0 aliphatic carbocycles. The third kappa shape index (κ3) is 3.58. The highest BCUT2D eigenvalue weighted by atomic mass is 16.6. The first kappa shape index (κ1) is 17.6. The zero-order chi connectivity index (χ0) is 18.0. The average molecular weight is 345 g/mol. The standard InChI is InChI=1S/C19H23NO5/c1-12(2)5-14-9-20-4-3-13-6-18(24-10-21)19(25-11-22)7-15(13)16(20)8-17(14)23/h6-7,10-12,14,16H,3-5,8-9H2,1-2H3. The number of carbonyl (C=O) groups is 3. The maximum absolute atomic E-state index is 12.6. The number of benzene rings is 1. The van der Waals surface area contributed by atoms with Crippen LogP contribution in [0.1, 0.15) is 43.9 Å². The highest BCUT2D eigenvalue weighted by molar-refractivity contribution is 5.83. The van der Waals surface area contributed by atoms with Gasteiger partial charge < -0.3 is 9.47 Å². The molecule has 0 spiro atoms. The second-order valence-electron chi connectivity index (χ2n) is 7.18. The highest BCUT2D eigenvalue weighted by Gasteiger charge is 2.38. The van der Waals surface area contributed by atoms with E-state index in [0.29, 0.717) is 31.1 Å². The molecule has 1 fully saturated rings. The van der Waals surface area contributed by atoms with E-state index in [1.807, 2.05) is 0 Å². The fourth-order valence-electron chi connectivity index (χ4n) is 4.02. The maximum Gasteiger partial charge on any atom is 0.298 e. The molecule has 0 aromatic heterocycles. The first-order valence-corrected chi connectivity index (χ1v) is 8.67. The van der Waals surface area contributed by atoms with Crippen molar-refractivity contribution in [2.45, 2.75) is 39.2 Å². The summed E-state index contributed by atoms with van der Waals surface area (Å²) in [5.74, 6) is 1.34. The van der Waals surface area contributed by atoms with Crippen LogP contribution in [-0.2, 0) is 20.8 Å². The summed E-state index contributed by atoms with van der Waals surface area (Å²) >= 11 is 0. The van der Waals surface area contributed by atoms with Crippen LogP contribution >= 0.6 is 0 Å². The van der Waals surface area contributed by atoms with E-state index >= 15 is 0 Å². The fraction of sp³-hybridized carbons (Fsp3) is 0.526. The van der Waals surface area contributed by atoms with Crippen LogP contribution in [0.5, 0.6) is 11.5 Å². The quantitative estimate of drug-likeness (QED) is 0.737. The molecule has 2 aliphatic rings. The Hall–Kier alpha value is -2.21. The van der Waals surface area contributed by atoms with Crippen molar-refractivity contribution >= 4 is 18.7 Å². The Morgan fingerprint density at radius 2 is 1.88 bits per heavy atom. The van der Waals surface area contributed by atoms with Crippen molar-refractivity contribution in [1.82, 2.24) is 4.90 Å². The van der Waals surface area contributed by atoms with Gasteiger partial charge in [-0.2, -0.15) is 0 Å². The van der Waals surface area contributed by atoms with Gasteiger partial charge in [0.05, 0.1) is 0 Å². The number of rotatable bonds is 6. The minimum absolute atomic E-state index is 0.000976. The predicted molar refractivity (Wildman–Crippen MR) is 90.4 cm³/mol. The number of carbonyl (C=O) groups excluding carboxylic acids is 3. The van der Waals surface area contributed by atoms with Crippen molar-refractivity contribution in [2.75, 3.05) is 13.1 Å². The van der Waals surface area contributed by atoms with Gasteiger partial charge in [-0.25, -0.2) is 0 Å². The molecule has 0 bridgehead atoms. The van der Waals surface area contributed by atoms with Gasteiger partial charge in [0.1, 0.15) is 5.78 Å². The van der Waals surface area contributed by atoms with Crippen LogP contribution in [0.25, 0.3) is 0 Å². The summed E-state index contributed by atoms with van der Waals surface area (Å²) in [6.45, 7) is 6.55. The zero-order valence-electron chi connectivity index (χ0n) is 14.6. The number of ether oxygens (including phenoxy) is 2. The van der Waals surface area contributed by atoms with Crippen LogP contribution in [0.2, 0.25) is 0 Å². The molecule has 1 aromatic carbocycles. The van der Waals surface area contributed by atoms with E-state index in [0.717, 1.165) is 37.1 Å². The molecule has 0 saturated carbocycles. The molecule has 1 saturated heterocycles. The Morgan fingerprint density at radius 3 is 2.52 bits per heavy atom. The van der Waals surface area contributed by atoms with Gasteiger partial charge in [0, 0.05) is 31.5 Å². The molecule has 0 radical (unpaired) electrons. The number of nitrogens with zero attached hydrogens (tertiary/aromatic N) is 1. The molecule has 2 heterocycles. The molecule has 134 valence electrons. The van der Waals surface area contributed by atoms with Gasteiger partial charge in [-0.05, 0) is 42.0 Å². The largest absolute Gasteiger partial charge is 0.425 e. The molecule has 1 aromatic rings. The number of Topliss-reactive ketones (excluding diaryl/α,β-unsaturated/α-hetero) is 1. The van der Waals surface area contributed by atoms with Crippen LogP contribution in [0.4, 0.5) is 0 Å². The molecule has 0 N–H and O–H groups in total. The Balaban J connectivity index is 1.90. The Morgan fingerprint density at radius 1 is 1.20 bits per heavy atom. The van der Waals surface area contributed by atoms with Crippen LogP contribution in [-0.4, -0.2) is 36.7 Å². The number of hydrogen-bond acceptors (Lipinski definition) is 6. The first-order valence-electron chi connectivity index (χ1n) is 8.67. The Bertz CT molecular complexity index is 685. The van der Waals surface area contributed by atoms with E-state index in [-0.39, 0.29) is 23.5 Å². The molecule has 3 rings (SSSR count). The summed E-state index contributed by atoms with van der Waals surface area (Å²) in [5, 5.41) is 0. The third-order valence-electron chi connectivity index (χ3n) is 5.08. The molecule has 25 heavy (non-hydrogen) atoms. The minimum Gasteiger partial charge on any atom is -0.425 e. The summed E-state index contributed by atoms with van der Waals surface area (Å²) in [5.41, 5.74) is 2.02. The van der Waals surface area contributed by atoms with Gasteiger partial charge in [-0.3, -0.25) is 19.3 Å². The molecule has 6 nitrogen and oxygen atoms in total. The van der Waals surface area contributed by atoms with Gasteiger partial charge in [0.25, 0.3) is 12.9 Å². The van der Waals surface area contributed by atoms with E-state index in [9.17, 15) is 14.4 Å². The second kappa shape index (κ2) is 7.35. The smallest absolute Gasteiger partial charge is 0.298 e. The molecular formula is C19H23NO5. The van der Waals surface area contributed by atoms with Crippen molar-refractivity contribution in [3.8, 4) is 11.5 Å². The van der Waals surface area contributed by atoms with Crippen LogP contribution in [0.15, 0.2) is 12.1 Å². The van der Waals surface area contributed by atoms with Gasteiger partial charge in [-0.15, -0.1) is 0 Å². The lowest BCUT2D eigenvalue weighted by Crippen LogP contribution is -2.46. The van der Waals surface area contributed by atoms with E-state index in [4.69, 9.17) is 9.47 Å². The van der Waals surface area contributed by atoms with Gasteiger partial charge in [0.2, 0.25) is 0 Å². The van der Waals surface area contributed by atoms with E-state index < -0.39 is 0 Å². The lowest BCUT2D eigenvalue weighted by atomic mass is 9.80. The van der Waals surface area contributed by atoms with Crippen molar-refractivity contribution in [2.24, 2.45) is 11.8 Å². The summed E-state index contributed by atoms with van der Waals surface area (Å²) < 4.78 is 9.90. The number of ketones is 1. The van der Waals surface area contributed by atoms with E-state index in [1.165, 1.54) is 0 Å². The number of fused-ring (bicyclic) bond motifs is 3. The molecule has 2 unspecified atom stereocenters. The van der Waals surface area contributed by atoms with Crippen molar-refractivity contribution in [3.05, 3.63) is 23.3 Å². The first-order chi connectivity index (χ1) is 12.0. The number of hydrogen-bond donors (Lipinski definition) is 0. The maximum atomic E-state index is 12.6. The highest BCUT2D eigenvalue weighted by Crippen LogP contribution is 2.42.